The van der Waals surface area contributed by atoms with Gasteiger partial charge in [0.15, 0.2) is 5.69 Å². The molecule has 8 nitrogen and oxygen atoms in total. The van der Waals surface area contributed by atoms with E-state index in [0.717, 1.165) is 43.5 Å². The molecule has 2 atom stereocenters. The normalized spacial score (nSPS) is 21.1. The molecule has 4 rings (SSSR count). The van der Waals surface area contributed by atoms with E-state index in [1.165, 1.54) is 0 Å². The van der Waals surface area contributed by atoms with E-state index in [2.05, 4.69) is 10.4 Å². The lowest BCUT2D eigenvalue weighted by Gasteiger charge is -2.33. The van der Waals surface area contributed by atoms with E-state index in [9.17, 15) is 14.7 Å². The maximum absolute atomic E-state index is 13.4. The van der Waals surface area contributed by atoms with E-state index in [4.69, 9.17) is 4.74 Å². The molecular formula is C24H34N4O4. The van der Waals surface area contributed by atoms with Gasteiger partial charge in [-0.3, -0.25) is 14.3 Å². The van der Waals surface area contributed by atoms with Gasteiger partial charge in [-0.25, -0.2) is 0 Å². The Morgan fingerprint density at radius 1 is 1.22 bits per heavy atom. The summed E-state index contributed by atoms with van der Waals surface area (Å²) in [6.07, 6.45) is 2.04. The molecule has 3 heterocycles. The van der Waals surface area contributed by atoms with Crippen LogP contribution in [0.5, 0.6) is 0 Å². The average Bonchev–Trinajstić information content (AvgIpc) is 3.35. The molecule has 0 bridgehead atoms. The highest BCUT2D eigenvalue weighted by Crippen LogP contribution is 2.26. The smallest absolute Gasteiger partial charge is 0.273 e. The molecule has 2 fully saturated rings. The number of hydrogen-bond acceptors (Lipinski definition) is 5. The Bertz CT molecular complexity index is 974. The van der Waals surface area contributed by atoms with Crippen LogP contribution in [0.3, 0.4) is 0 Å². The summed E-state index contributed by atoms with van der Waals surface area (Å²) in [5.74, 6) is -0.0400. The van der Waals surface area contributed by atoms with Gasteiger partial charge in [0.05, 0.1) is 11.6 Å². The lowest BCUT2D eigenvalue weighted by atomic mass is 9.85. The summed E-state index contributed by atoms with van der Waals surface area (Å²) in [6, 6.07) is 7.03. The molecule has 1 aromatic heterocycles. The summed E-state index contributed by atoms with van der Waals surface area (Å²) >= 11 is 0. The average molecular weight is 443 g/mol. The summed E-state index contributed by atoms with van der Waals surface area (Å²) in [6.45, 7) is 8.88. The standard InChI is InChI=1S/C24H34N4O4/c1-24(2,3)21(23(31)27-11-8-17(29)15-27)25-22(30)20-18-6-4-5-7-19(18)28(26-20)14-16-9-12-32-13-10-16/h4-7,16-17,21,29H,8-15H2,1-3H3,(H,25,30)/t17-,21?/m0/s1. The molecule has 8 heteroatoms. The molecule has 2 aliphatic heterocycles. The highest BCUT2D eigenvalue weighted by atomic mass is 16.5. The van der Waals surface area contributed by atoms with Crippen LogP contribution in [0.1, 0.15) is 50.5 Å². The second kappa shape index (κ2) is 9.19. The van der Waals surface area contributed by atoms with E-state index in [1.807, 2.05) is 49.7 Å². The van der Waals surface area contributed by atoms with Gasteiger partial charge in [0.1, 0.15) is 6.04 Å². The topological polar surface area (TPSA) is 96.7 Å². The quantitative estimate of drug-likeness (QED) is 0.740. The number of β-amino-alcohol motifs (C(OH)–C–C–N with tert-alkyl or cyclic N) is 1. The number of carbonyl (C=O) groups excluding carboxylic acids is 2. The first-order valence-electron chi connectivity index (χ1n) is 11.5. The minimum atomic E-state index is -0.709. The third-order valence-corrected chi connectivity index (χ3v) is 6.51. The first-order valence-corrected chi connectivity index (χ1v) is 11.5. The summed E-state index contributed by atoms with van der Waals surface area (Å²) in [4.78, 5) is 28.2. The number of aromatic nitrogens is 2. The van der Waals surface area contributed by atoms with E-state index in [-0.39, 0.29) is 11.8 Å². The van der Waals surface area contributed by atoms with Crippen molar-refractivity contribution in [1.29, 1.82) is 0 Å². The van der Waals surface area contributed by atoms with Crippen LogP contribution < -0.4 is 5.32 Å². The molecule has 2 aliphatic rings. The molecule has 2 amide bonds. The highest BCUT2D eigenvalue weighted by Gasteiger charge is 2.38. The molecule has 2 N–H and O–H groups in total. The Labute approximate surface area is 188 Å². The first-order chi connectivity index (χ1) is 15.2. The monoisotopic (exact) mass is 442 g/mol. The molecule has 2 aromatic rings. The highest BCUT2D eigenvalue weighted by molar-refractivity contribution is 6.06. The van der Waals surface area contributed by atoms with Crippen molar-refractivity contribution >= 4 is 22.7 Å². The van der Waals surface area contributed by atoms with Crippen LogP contribution in [0, 0.1) is 11.3 Å². The van der Waals surface area contributed by atoms with Crippen LogP contribution in [-0.2, 0) is 16.1 Å². The largest absolute Gasteiger partial charge is 0.391 e. The fourth-order valence-corrected chi connectivity index (χ4v) is 4.58. The molecule has 174 valence electrons. The fraction of sp³-hybridized carbons (Fsp3) is 0.625. The van der Waals surface area contributed by atoms with Gasteiger partial charge in [0.25, 0.3) is 5.91 Å². The number of carbonyl (C=O) groups is 2. The predicted molar refractivity (Wildman–Crippen MR) is 121 cm³/mol. The maximum atomic E-state index is 13.4. The molecule has 0 saturated carbocycles. The minimum absolute atomic E-state index is 0.159. The Morgan fingerprint density at radius 3 is 2.59 bits per heavy atom. The van der Waals surface area contributed by atoms with Crippen molar-refractivity contribution in [1.82, 2.24) is 20.0 Å². The Kier molecular flexibility index (Phi) is 6.53. The van der Waals surface area contributed by atoms with Gasteiger partial charge in [-0.15, -0.1) is 0 Å². The molecule has 0 radical (unpaired) electrons. The lowest BCUT2D eigenvalue weighted by Crippen LogP contribution is -2.54. The van der Waals surface area contributed by atoms with Crippen molar-refractivity contribution in [2.24, 2.45) is 11.3 Å². The minimum Gasteiger partial charge on any atom is -0.391 e. The summed E-state index contributed by atoms with van der Waals surface area (Å²) < 4.78 is 7.39. The summed E-state index contributed by atoms with van der Waals surface area (Å²) in [5, 5.41) is 18.3. The third-order valence-electron chi connectivity index (χ3n) is 6.51. The number of likely N-dealkylation sites (tertiary alicyclic amines) is 1. The van der Waals surface area contributed by atoms with Crippen molar-refractivity contribution < 1.29 is 19.4 Å². The first kappa shape index (κ1) is 22.7. The van der Waals surface area contributed by atoms with Crippen LogP contribution in [0.25, 0.3) is 10.9 Å². The Balaban J connectivity index is 1.58. The van der Waals surface area contributed by atoms with Crippen LogP contribution in [0.15, 0.2) is 24.3 Å². The lowest BCUT2D eigenvalue weighted by molar-refractivity contribution is -0.135. The van der Waals surface area contributed by atoms with Gasteiger partial charge in [-0.1, -0.05) is 39.0 Å². The molecule has 1 unspecified atom stereocenters. The number of para-hydroxylation sites is 1. The van der Waals surface area contributed by atoms with E-state index in [0.29, 0.717) is 31.1 Å². The van der Waals surface area contributed by atoms with Crippen LogP contribution >= 0.6 is 0 Å². The molecule has 0 aliphatic carbocycles. The number of rotatable bonds is 5. The SMILES string of the molecule is CC(C)(C)C(NC(=O)c1nn(CC2CCOCC2)c2ccccc12)C(=O)N1CC[C@H](O)C1. The number of hydrogen-bond donors (Lipinski definition) is 2. The molecule has 0 spiro atoms. The zero-order chi connectivity index (χ0) is 22.9. The second-order valence-corrected chi connectivity index (χ2v) is 10.1. The van der Waals surface area contributed by atoms with Crippen molar-refractivity contribution in [3.8, 4) is 0 Å². The van der Waals surface area contributed by atoms with Crippen molar-refractivity contribution in [2.75, 3.05) is 26.3 Å². The summed E-state index contributed by atoms with van der Waals surface area (Å²) in [5.41, 5.74) is 0.780. The van der Waals surface area contributed by atoms with Crippen LogP contribution in [-0.4, -0.2) is 70.1 Å². The predicted octanol–water partition coefficient (Wildman–Crippen LogP) is 2.20. The number of aliphatic hydroxyl groups excluding tert-OH is 1. The van der Waals surface area contributed by atoms with Gasteiger partial charge in [-0.05, 0) is 36.7 Å². The van der Waals surface area contributed by atoms with E-state index in [1.54, 1.807) is 4.90 Å². The van der Waals surface area contributed by atoms with Crippen LogP contribution in [0.2, 0.25) is 0 Å². The third kappa shape index (κ3) is 4.81. The van der Waals surface area contributed by atoms with Gasteiger partial charge in [0.2, 0.25) is 5.91 Å². The van der Waals surface area contributed by atoms with Crippen molar-refractivity contribution in [3.63, 3.8) is 0 Å². The van der Waals surface area contributed by atoms with Gasteiger partial charge < -0.3 is 20.1 Å². The number of aliphatic hydroxyl groups is 1. The second-order valence-electron chi connectivity index (χ2n) is 10.1. The zero-order valence-electron chi connectivity index (χ0n) is 19.2. The van der Waals surface area contributed by atoms with E-state index >= 15 is 0 Å². The molecule has 32 heavy (non-hydrogen) atoms. The Hall–Kier alpha value is -2.45. The van der Waals surface area contributed by atoms with Gasteiger partial charge in [0, 0.05) is 38.2 Å². The fourth-order valence-electron chi connectivity index (χ4n) is 4.58. The Morgan fingerprint density at radius 2 is 1.94 bits per heavy atom. The number of nitrogens with zero attached hydrogens (tertiary/aromatic N) is 3. The number of benzene rings is 1. The molecule has 2 saturated heterocycles. The number of fused-ring (bicyclic) bond motifs is 1. The number of amides is 2. The zero-order valence-corrected chi connectivity index (χ0v) is 19.2. The number of ether oxygens (including phenoxy) is 1. The van der Waals surface area contributed by atoms with Gasteiger partial charge in [-0.2, -0.15) is 5.10 Å². The maximum Gasteiger partial charge on any atom is 0.273 e. The molecular weight excluding hydrogens is 408 g/mol. The van der Waals surface area contributed by atoms with E-state index < -0.39 is 17.6 Å². The van der Waals surface area contributed by atoms with Crippen LogP contribution in [0.4, 0.5) is 0 Å². The number of nitrogens with one attached hydrogen (secondary N) is 1. The molecule has 1 aromatic carbocycles. The van der Waals surface area contributed by atoms with Crippen molar-refractivity contribution in [2.45, 2.75) is 58.7 Å². The summed E-state index contributed by atoms with van der Waals surface area (Å²) in [7, 11) is 0. The van der Waals surface area contributed by atoms with Crippen molar-refractivity contribution in [3.05, 3.63) is 30.0 Å². The van der Waals surface area contributed by atoms with Gasteiger partial charge >= 0.3 is 0 Å².